The first-order valence-corrected chi connectivity index (χ1v) is 6.12. The number of nitrogens with two attached hydrogens (primary N) is 1. The number of pyridine rings is 1. The number of halogens is 1. The van der Waals surface area contributed by atoms with E-state index in [0.717, 1.165) is 31.2 Å². The summed E-state index contributed by atoms with van der Waals surface area (Å²) in [5.74, 6) is 0.385. The van der Waals surface area contributed by atoms with Crippen LogP contribution in [0.25, 0.3) is 5.52 Å². The largest absolute Gasteiger partial charge is 0.319 e. The Bertz CT molecular complexity index is 541. The first-order valence-electron chi connectivity index (χ1n) is 6.12. The maximum Gasteiger partial charge on any atom is 0.199 e. The molecule has 0 spiro atoms. The maximum atomic E-state index is 13.9. The minimum absolute atomic E-state index is 0.287. The van der Waals surface area contributed by atoms with E-state index in [0.29, 0.717) is 5.82 Å². The molecule has 3 rings (SSSR count). The van der Waals surface area contributed by atoms with E-state index < -0.39 is 5.54 Å². The van der Waals surface area contributed by atoms with Crippen LogP contribution in [-0.2, 0) is 5.54 Å². The molecule has 0 atom stereocenters. The van der Waals surface area contributed by atoms with Gasteiger partial charge in [0.15, 0.2) is 5.95 Å². The molecule has 0 aliphatic heterocycles. The first-order chi connectivity index (χ1) is 8.21. The summed E-state index contributed by atoms with van der Waals surface area (Å²) in [5, 5.41) is 0. The molecule has 1 saturated carbocycles. The molecule has 2 N–H and O–H groups in total. The Morgan fingerprint density at radius 2 is 2.00 bits per heavy atom. The van der Waals surface area contributed by atoms with Gasteiger partial charge in [0.2, 0.25) is 0 Å². The van der Waals surface area contributed by atoms with Crippen LogP contribution in [0, 0.1) is 5.95 Å². The lowest BCUT2D eigenvalue weighted by atomic mass is 9.82. The van der Waals surface area contributed by atoms with Crippen molar-refractivity contribution in [1.29, 1.82) is 0 Å². The normalized spacial score (nSPS) is 19.6. The minimum Gasteiger partial charge on any atom is -0.319 e. The number of imidazole rings is 1. The van der Waals surface area contributed by atoms with Crippen LogP contribution in [0.1, 0.15) is 37.9 Å². The molecular formula is C13H16FN3. The first kappa shape index (κ1) is 10.7. The molecule has 2 aromatic rings. The van der Waals surface area contributed by atoms with Gasteiger partial charge in [-0.25, -0.2) is 4.98 Å². The van der Waals surface area contributed by atoms with Gasteiger partial charge in [-0.2, -0.15) is 4.39 Å². The predicted molar refractivity (Wildman–Crippen MR) is 64.1 cm³/mol. The summed E-state index contributed by atoms with van der Waals surface area (Å²) in [7, 11) is 0. The van der Waals surface area contributed by atoms with E-state index in [1.54, 1.807) is 16.7 Å². The number of aromatic nitrogens is 2. The zero-order valence-corrected chi connectivity index (χ0v) is 9.69. The second kappa shape index (κ2) is 3.81. The van der Waals surface area contributed by atoms with Crippen molar-refractivity contribution in [2.75, 3.05) is 0 Å². The highest BCUT2D eigenvalue weighted by Gasteiger charge is 2.33. The van der Waals surface area contributed by atoms with Gasteiger partial charge in [0.05, 0.1) is 17.3 Å². The van der Waals surface area contributed by atoms with E-state index in [4.69, 9.17) is 5.73 Å². The van der Waals surface area contributed by atoms with E-state index in [-0.39, 0.29) is 5.95 Å². The van der Waals surface area contributed by atoms with Crippen molar-refractivity contribution in [3.8, 4) is 0 Å². The molecule has 0 aromatic carbocycles. The van der Waals surface area contributed by atoms with E-state index in [1.807, 2.05) is 6.07 Å². The highest BCUT2D eigenvalue weighted by Crippen LogP contribution is 2.34. The highest BCUT2D eigenvalue weighted by atomic mass is 19.1. The van der Waals surface area contributed by atoms with Crippen molar-refractivity contribution in [3.63, 3.8) is 0 Å². The average Bonchev–Trinajstić information content (AvgIpc) is 2.76. The second-order valence-electron chi connectivity index (χ2n) is 4.91. The van der Waals surface area contributed by atoms with Gasteiger partial charge < -0.3 is 5.73 Å². The molecule has 2 aromatic heterocycles. The topological polar surface area (TPSA) is 43.3 Å². The van der Waals surface area contributed by atoms with Crippen molar-refractivity contribution >= 4 is 5.52 Å². The molecule has 17 heavy (non-hydrogen) atoms. The lowest BCUT2D eigenvalue weighted by molar-refractivity contribution is 0.282. The summed E-state index contributed by atoms with van der Waals surface area (Å²) in [6.07, 6.45) is 6.88. The fraction of sp³-hybridized carbons (Fsp3) is 0.462. The SMILES string of the molecule is NC1(c2ncc3cccc(F)n23)CCCCC1. The summed E-state index contributed by atoms with van der Waals surface area (Å²) in [4.78, 5) is 4.35. The fourth-order valence-electron chi connectivity index (χ4n) is 2.77. The predicted octanol–water partition coefficient (Wildman–Crippen LogP) is 2.59. The Hall–Kier alpha value is -1.42. The summed E-state index contributed by atoms with van der Waals surface area (Å²) >= 11 is 0. The number of fused-ring (bicyclic) bond motifs is 1. The molecule has 1 fully saturated rings. The van der Waals surface area contributed by atoms with E-state index >= 15 is 0 Å². The Morgan fingerprint density at radius 3 is 2.76 bits per heavy atom. The summed E-state index contributed by atoms with van der Waals surface area (Å²) in [6.45, 7) is 0. The standard InChI is InChI=1S/C13H16FN3/c14-11-6-4-5-10-9-16-12(17(10)11)13(15)7-2-1-3-8-13/h4-6,9H,1-3,7-8,15H2. The van der Waals surface area contributed by atoms with Crippen LogP contribution < -0.4 is 5.73 Å². The molecule has 1 aliphatic rings. The maximum absolute atomic E-state index is 13.9. The van der Waals surface area contributed by atoms with Gasteiger partial charge >= 0.3 is 0 Å². The van der Waals surface area contributed by atoms with Crippen LogP contribution >= 0.6 is 0 Å². The summed E-state index contributed by atoms with van der Waals surface area (Å²) in [5.41, 5.74) is 6.72. The van der Waals surface area contributed by atoms with Crippen molar-refractivity contribution in [2.45, 2.75) is 37.6 Å². The molecule has 0 amide bonds. The van der Waals surface area contributed by atoms with Gasteiger partial charge in [-0.1, -0.05) is 25.3 Å². The molecule has 1 aliphatic carbocycles. The summed E-state index contributed by atoms with van der Waals surface area (Å²) in [6, 6.07) is 5.00. The Labute approximate surface area is 99.5 Å². The molecule has 0 radical (unpaired) electrons. The van der Waals surface area contributed by atoms with Gasteiger partial charge in [-0.15, -0.1) is 0 Å². The van der Waals surface area contributed by atoms with Crippen LogP contribution in [0.3, 0.4) is 0 Å². The lowest BCUT2D eigenvalue weighted by Gasteiger charge is -2.32. The fourth-order valence-corrected chi connectivity index (χ4v) is 2.77. The summed E-state index contributed by atoms with van der Waals surface area (Å²) < 4.78 is 15.4. The van der Waals surface area contributed by atoms with E-state index in [9.17, 15) is 4.39 Å². The van der Waals surface area contributed by atoms with Gasteiger partial charge in [0.25, 0.3) is 0 Å². The molecule has 0 bridgehead atoms. The highest BCUT2D eigenvalue weighted by molar-refractivity contribution is 5.46. The van der Waals surface area contributed by atoms with Gasteiger partial charge in [-0.05, 0) is 25.0 Å². The van der Waals surface area contributed by atoms with Crippen LogP contribution in [0.15, 0.2) is 24.4 Å². The number of hydrogen-bond acceptors (Lipinski definition) is 2. The van der Waals surface area contributed by atoms with Gasteiger partial charge in [-0.3, -0.25) is 4.40 Å². The van der Waals surface area contributed by atoms with Crippen molar-refractivity contribution in [1.82, 2.24) is 9.38 Å². The molecule has 0 saturated heterocycles. The Balaban J connectivity index is 2.17. The van der Waals surface area contributed by atoms with Crippen LogP contribution in [0.5, 0.6) is 0 Å². The van der Waals surface area contributed by atoms with E-state index in [2.05, 4.69) is 4.98 Å². The minimum atomic E-state index is -0.465. The Kier molecular flexibility index (Phi) is 2.40. The third-order valence-electron chi connectivity index (χ3n) is 3.69. The molecule has 0 unspecified atom stereocenters. The van der Waals surface area contributed by atoms with Crippen LogP contribution in [0.2, 0.25) is 0 Å². The van der Waals surface area contributed by atoms with Crippen molar-refractivity contribution in [2.24, 2.45) is 5.73 Å². The molecule has 3 nitrogen and oxygen atoms in total. The number of nitrogens with zero attached hydrogens (tertiary/aromatic N) is 2. The Morgan fingerprint density at radius 1 is 1.24 bits per heavy atom. The zero-order chi connectivity index (χ0) is 11.9. The van der Waals surface area contributed by atoms with Gasteiger partial charge in [0.1, 0.15) is 5.82 Å². The monoisotopic (exact) mass is 233 g/mol. The third-order valence-corrected chi connectivity index (χ3v) is 3.69. The number of rotatable bonds is 1. The average molecular weight is 233 g/mol. The molecule has 90 valence electrons. The molecular weight excluding hydrogens is 217 g/mol. The van der Waals surface area contributed by atoms with Crippen molar-refractivity contribution in [3.05, 3.63) is 36.2 Å². The quantitative estimate of drug-likeness (QED) is 0.769. The molecule has 2 heterocycles. The lowest BCUT2D eigenvalue weighted by Crippen LogP contribution is -2.40. The number of hydrogen-bond donors (Lipinski definition) is 1. The second-order valence-corrected chi connectivity index (χ2v) is 4.91. The smallest absolute Gasteiger partial charge is 0.199 e. The third kappa shape index (κ3) is 1.63. The van der Waals surface area contributed by atoms with Crippen LogP contribution in [0.4, 0.5) is 4.39 Å². The van der Waals surface area contributed by atoms with Gasteiger partial charge in [0, 0.05) is 0 Å². The van der Waals surface area contributed by atoms with E-state index in [1.165, 1.54) is 12.5 Å². The molecule has 4 heteroatoms. The zero-order valence-electron chi connectivity index (χ0n) is 9.69. The van der Waals surface area contributed by atoms with Crippen LogP contribution in [-0.4, -0.2) is 9.38 Å². The van der Waals surface area contributed by atoms with Crippen molar-refractivity contribution < 1.29 is 4.39 Å².